The number of amides is 1. The molecule has 0 aromatic heterocycles. The lowest BCUT2D eigenvalue weighted by Gasteiger charge is -2.19. The largest absolute Gasteiger partial charge is 0.385 e. The molecule has 3 aromatic rings. The van der Waals surface area contributed by atoms with E-state index in [-0.39, 0.29) is 5.91 Å². The molecule has 3 aromatic carbocycles. The average Bonchev–Trinajstić information content (AvgIpc) is 2.69. The van der Waals surface area contributed by atoms with Gasteiger partial charge in [0, 0.05) is 23.5 Å². The van der Waals surface area contributed by atoms with E-state index in [0.29, 0.717) is 5.56 Å². The summed E-state index contributed by atoms with van der Waals surface area (Å²) < 4.78 is 0. The van der Waals surface area contributed by atoms with Crippen LogP contribution in [0.5, 0.6) is 0 Å². The van der Waals surface area contributed by atoms with Crippen molar-refractivity contribution < 1.29 is 4.79 Å². The lowest BCUT2D eigenvalue weighted by atomic mass is 10.0. The predicted molar refractivity (Wildman–Crippen MR) is 103 cm³/mol. The van der Waals surface area contributed by atoms with Gasteiger partial charge in [-0.2, -0.15) is 0 Å². The Hall–Kier alpha value is -3.07. The third kappa shape index (κ3) is 3.41. The smallest absolute Gasteiger partial charge is 0.255 e. The zero-order valence-corrected chi connectivity index (χ0v) is 14.0. The van der Waals surface area contributed by atoms with E-state index >= 15 is 0 Å². The summed E-state index contributed by atoms with van der Waals surface area (Å²) in [6.45, 7) is 0.991. The Morgan fingerprint density at radius 3 is 2.44 bits per heavy atom. The van der Waals surface area contributed by atoms with Crippen LogP contribution in [0.1, 0.15) is 22.3 Å². The maximum absolute atomic E-state index is 12.5. The van der Waals surface area contributed by atoms with E-state index in [1.165, 1.54) is 5.56 Å². The minimum atomic E-state index is -0.0876. The Balaban J connectivity index is 1.49. The van der Waals surface area contributed by atoms with Crippen molar-refractivity contribution in [2.24, 2.45) is 0 Å². The number of fused-ring (bicyclic) bond motifs is 1. The number of nitrogens with one attached hydrogen (secondary N) is 2. The fourth-order valence-corrected chi connectivity index (χ4v) is 3.19. The molecule has 0 bridgehead atoms. The van der Waals surface area contributed by atoms with Crippen LogP contribution in [-0.4, -0.2) is 12.5 Å². The van der Waals surface area contributed by atoms with Crippen molar-refractivity contribution in [2.75, 3.05) is 17.2 Å². The number of benzene rings is 3. The van der Waals surface area contributed by atoms with E-state index in [9.17, 15) is 4.79 Å². The summed E-state index contributed by atoms with van der Waals surface area (Å²) in [5.41, 5.74) is 6.18. The van der Waals surface area contributed by atoms with Crippen molar-refractivity contribution in [1.82, 2.24) is 0 Å². The second-order valence-electron chi connectivity index (χ2n) is 6.30. The van der Waals surface area contributed by atoms with Gasteiger partial charge in [0.25, 0.3) is 5.91 Å². The van der Waals surface area contributed by atoms with Gasteiger partial charge >= 0.3 is 0 Å². The fourth-order valence-electron chi connectivity index (χ4n) is 3.19. The van der Waals surface area contributed by atoms with Crippen LogP contribution in [0.25, 0.3) is 11.1 Å². The van der Waals surface area contributed by atoms with Crippen molar-refractivity contribution in [1.29, 1.82) is 0 Å². The van der Waals surface area contributed by atoms with Gasteiger partial charge in [0.15, 0.2) is 0 Å². The van der Waals surface area contributed by atoms with E-state index in [4.69, 9.17) is 0 Å². The zero-order valence-electron chi connectivity index (χ0n) is 14.0. The summed E-state index contributed by atoms with van der Waals surface area (Å²) in [6, 6.07) is 24.0. The molecule has 0 spiro atoms. The molecule has 1 aliphatic rings. The molecule has 0 atom stereocenters. The summed E-state index contributed by atoms with van der Waals surface area (Å²) in [7, 11) is 0. The molecule has 3 nitrogen and oxygen atoms in total. The molecule has 4 rings (SSSR count). The third-order valence-electron chi connectivity index (χ3n) is 4.56. The Morgan fingerprint density at radius 1 is 0.880 bits per heavy atom. The van der Waals surface area contributed by atoms with Crippen LogP contribution in [0.3, 0.4) is 0 Å². The average molecular weight is 328 g/mol. The van der Waals surface area contributed by atoms with E-state index in [1.807, 2.05) is 54.6 Å². The molecule has 1 aliphatic heterocycles. The van der Waals surface area contributed by atoms with E-state index in [0.717, 1.165) is 41.9 Å². The molecule has 25 heavy (non-hydrogen) atoms. The minimum absolute atomic E-state index is 0.0876. The molecule has 1 amide bonds. The molecule has 0 unspecified atom stereocenters. The topological polar surface area (TPSA) is 41.1 Å². The number of aryl methyl sites for hydroxylation is 1. The van der Waals surface area contributed by atoms with Crippen molar-refractivity contribution in [3.8, 4) is 11.1 Å². The lowest BCUT2D eigenvalue weighted by molar-refractivity contribution is 0.102. The molecule has 3 heteroatoms. The molecule has 0 saturated heterocycles. The Labute approximate surface area is 147 Å². The molecule has 0 radical (unpaired) electrons. The fraction of sp³-hybridized carbons (Fsp3) is 0.136. The Bertz CT molecular complexity index is 886. The van der Waals surface area contributed by atoms with E-state index in [1.54, 1.807) is 0 Å². The number of hydrogen-bond acceptors (Lipinski definition) is 2. The van der Waals surface area contributed by atoms with Crippen LogP contribution in [0, 0.1) is 0 Å². The Kier molecular flexibility index (Phi) is 4.21. The molecule has 0 saturated carbocycles. The first-order valence-electron chi connectivity index (χ1n) is 8.63. The highest BCUT2D eigenvalue weighted by atomic mass is 16.1. The van der Waals surface area contributed by atoms with Gasteiger partial charge in [-0.3, -0.25) is 4.79 Å². The van der Waals surface area contributed by atoms with Crippen LogP contribution in [0.2, 0.25) is 0 Å². The van der Waals surface area contributed by atoms with E-state index in [2.05, 4.69) is 28.8 Å². The van der Waals surface area contributed by atoms with E-state index < -0.39 is 0 Å². The highest BCUT2D eigenvalue weighted by Crippen LogP contribution is 2.26. The van der Waals surface area contributed by atoms with Gasteiger partial charge in [0.1, 0.15) is 0 Å². The first-order chi connectivity index (χ1) is 12.3. The van der Waals surface area contributed by atoms with Gasteiger partial charge in [0.2, 0.25) is 0 Å². The van der Waals surface area contributed by atoms with Gasteiger partial charge in [0.05, 0.1) is 0 Å². The van der Waals surface area contributed by atoms with Crippen molar-refractivity contribution in [3.63, 3.8) is 0 Å². The van der Waals surface area contributed by atoms with Gasteiger partial charge in [-0.15, -0.1) is 0 Å². The molecule has 0 aliphatic carbocycles. The van der Waals surface area contributed by atoms with Crippen LogP contribution in [0.15, 0.2) is 72.8 Å². The summed E-state index contributed by atoms with van der Waals surface area (Å²) in [5, 5.41) is 6.38. The van der Waals surface area contributed by atoms with Crippen molar-refractivity contribution in [2.45, 2.75) is 12.8 Å². The van der Waals surface area contributed by atoms with Gasteiger partial charge in [-0.25, -0.2) is 0 Å². The number of hydrogen-bond donors (Lipinski definition) is 2. The van der Waals surface area contributed by atoms with Crippen LogP contribution >= 0.6 is 0 Å². The maximum atomic E-state index is 12.5. The second-order valence-corrected chi connectivity index (χ2v) is 6.30. The monoisotopic (exact) mass is 328 g/mol. The van der Waals surface area contributed by atoms with Crippen LogP contribution in [0.4, 0.5) is 11.4 Å². The van der Waals surface area contributed by atoms with Gasteiger partial charge < -0.3 is 10.6 Å². The normalized spacial score (nSPS) is 12.8. The second kappa shape index (κ2) is 6.81. The first-order valence-corrected chi connectivity index (χ1v) is 8.63. The van der Waals surface area contributed by atoms with Crippen LogP contribution in [-0.2, 0) is 6.42 Å². The molecular formula is C22H20N2O. The first kappa shape index (κ1) is 15.5. The maximum Gasteiger partial charge on any atom is 0.255 e. The third-order valence-corrected chi connectivity index (χ3v) is 4.56. The summed E-state index contributed by atoms with van der Waals surface area (Å²) in [5.74, 6) is -0.0876. The highest BCUT2D eigenvalue weighted by molar-refractivity contribution is 6.04. The SMILES string of the molecule is O=C(Nc1ccc2c(c1)NCCC2)c1ccc(-c2ccccc2)cc1. The molecular weight excluding hydrogens is 308 g/mol. The minimum Gasteiger partial charge on any atom is -0.385 e. The Morgan fingerprint density at radius 2 is 1.64 bits per heavy atom. The van der Waals surface area contributed by atoms with Crippen molar-refractivity contribution >= 4 is 17.3 Å². The van der Waals surface area contributed by atoms with Crippen molar-refractivity contribution in [3.05, 3.63) is 83.9 Å². The summed E-state index contributed by atoms with van der Waals surface area (Å²) in [4.78, 5) is 12.5. The molecule has 1 heterocycles. The molecule has 124 valence electrons. The predicted octanol–water partition coefficient (Wildman–Crippen LogP) is 4.96. The molecule has 2 N–H and O–H groups in total. The lowest BCUT2D eigenvalue weighted by Crippen LogP contribution is -2.14. The summed E-state index contributed by atoms with van der Waals surface area (Å²) >= 11 is 0. The summed E-state index contributed by atoms with van der Waals surface area (Å²) in [6.07, 6.45) is 2.25. The number of rotatable bonds is 3. The van der Waals surface area contributed by atoms with Gasteiger partial charge in [-0.05, 0) is 53.8 Å². The number of carbonyl (C=O) groups excluding carboxylic acids is 1. The highest BCUT2D eigenvalue weighted by Gasteiger charge is 2.11. The quantitative estimate of drug-likeness (QED) is 0.713. The molecule has 0 fully saturated rings. The number of anilines is 2. The standard InChI is InChI=1S/C22H20N2O/c25-22(24-20-13-12-18-7-4-14-23-21(18)15-20)19-10-8-17(9-11-19)16-5-2-1-3-6-16/h1-3,5-6,8-13,15,23H,4,7,14H2,(H,24,25). The van der Waals surface area contributed by atoms with Gasteiger partial charge in [-0.1, -0.05) is 48.5 Å². The zero-order chi connectivity index (χ0) is 17.1. The number of carbonyl (C=O) groups is 1. The van der Waals surface area contributed by atoms with Crippen LogP contribution < -0.4 is 10.6 Å².